The number of carbonyl (C=O) groups excluding carboxylic acids is 2. The highest BCUT2D eigenvalue weighted by atomic mass is 35.5. The number of alkyl halides is 3. The molecule has 0 aromatic carbocycles. The zero-order chi connectivity index (χ0) is 22.8. The Kier molecular flexibility index (Phi) is 5.01. The molecular weight excluding hydrogens is 453 g/mol. The molecule has 5 rings (SSSR count). The van der Waals surface area contributed by atoms with Crippen LogP contribution in [0.4, 0.5) is 18.0 Å². The molecule has 4 heterocycles. The number of piperidine rings is 1. The number of β-amino-alcohol motifs (C(OH)–C–C–N with tert-alkyl or cyclic N) is 1. The molecule has 12 heteroatoms. The lowest BCUT2D eigenvalue weighted by atomic mass is 10.00. The molecular formula is C20H20ClF3N4O4. The summed E-state index contributed by atoms with van der Waals surface area (Å²) < 4.78 is 47.1. The fourth-order valence-electron chi connectivity index (χ4n) is 4.45. The van der Waals surface area contributed by atoms with Gasteiger partial charge in [-0.1, -0.05) is 11.6 Å². The molecule has 1 saturated carbocycles. The molecule has 2 saturated heterocycles. The van der Waals surface area contributed by atoms with E-state index in [0.29, 0.717) is 18.5 Å². The minimum absolute atomic E-state index is 0.0459. The van der Waals surface area contributed by atoms with E-state index in [1.807, 2.05) is 0 Å². The molecule has 32 heavy (non-hydrogen) atoms. The number of aromatic nitrogens is 2. The first-order chi connectivity index (χ1) is 15.1. The number of likely N-dealkylation sites (tertiary alicyclic amines) is 1. The fraction of sp³-hybridized carbons (Fsp3) is 0.550. The topological polar surface area (TPSA) is 87.4 Å². The summed E-state index contributed by atoms with van der Waals surface area (Å²) in [6, 6.07) is 0.582. The van der Waals surface area contributed by atoms with Crippen LogP contribution in [0.15, 0.2) is 12.3 Å². The van der Waals surface area contributed by atoms with Crippen molar-refractivity contribution in [2.75, 3.05) is 26.2 Å². The van der Waals surface area contributed by atoms with Gasteiger partial charge < -0.3 is 14.7 Å². The molecule has 2 atom stereocenters. The second kappa shape index (κ2) is 7.51. The maximum absolute atomic E-state index is 13.7. The summed E-state index contributed by atoms with van der Waals surface area (Å²) in [5, 5.41) is 10.3. The van der Waals surface area contributed by atoms with Crippen molar-refractivity contribution in [1.29, 1.82) is 0 Å². The third kappa shape index (κ3) is 3.57. The van der Waals surface area contributed by atoms with Crippen LogP contribution in [0, 0.1) is 0 Å². The molecule has 1 aliphatic carbocycles. The number of amides is 2. The third-order valence-corrected chi connectivity index (χ3v) is 6.63. The Hall–Kier alpha value is -2.53. The third-order valence-electron chi connectivity index (χ3n) is 6.27. The highest BCUT2D eigenvalue weighted by Crippen LogP contribution is 2.43. The second-order valence-corrected chi connectivity index (χ2v) is 8.74. The van der Waals surface area contributed by atoms with E-state index >= 15 is 0 Å². The van der Waals surface area contributed by atoms with Gasteiger partial charge in [-0.15, -0.1) is 0 Å². The summed E-state index contributed by atoms with van der Waals surface area (Å²) in [4.78, 5) is 31.6. The van der Waals surface area contributed by atoms with E-state index in [0.717, 1.165) is 23.3 Å². The van der Waals surface area contributed by atoms with Crippen LogP contribution in [-0.4, -0.2) is 74.7 Å². The highest BCUT2D eigenvalue weighted by molar-refractivity contribution is 6.33. The molecule has 2 unspecified atom stereocenters. The normalized spacial score (nSPS) is 24.3. The van der Waals surface area contributed by atoms with Crippen molar-refractivity contribution in [1.82, 2.24) is 19.2 Å². The van der Waals surface area contributed by atoms with E-state index < -0.39 is 41.5 Å². The number of pyridine rings is 1. The van der Waals surface area contributed by atoms with Gasteiger partial charge in [-0.25, -0.2) is 9.78 Å². The van der Waals surface area contributed by atoms with E-state index in [1.165, 1.54) is 16.0 Å². The fourth-order valence-corrected chi connectivity index (χ4v) is 4.70. The van der Waals surface area contributed by atoms with Crippen LogP contribution in [0.25, 0.3) is 5.65 Å². The second-order valence-electron chi connectivity index (χ2n) is 8.39. The molecule has 8 nitrogen and oxygen atoms in total. The quantitative estimate of drug-likeness (QED) is 0.742. The summed E-state index contributed by atoms with van der Waals surface area (Å²) in [5.41, 5.74) is -1.15. The van der Waals surface area contributed by atoms with Crippen LogP contribution in [0.2, 0.25) is 5.15 Å². The Bertz CT molecular complexity index is 1100. The van der Waals surface area contributed by atoms with Gasteiger partial charge in [0.25, 0.3) is 5.91 Å². The lowest BCUT2D eigenvalue weighted by Gasteiger charge is -2.38. The average molecular weight is 473 g/mol. The van der Waals surface area contributed by atoms with Crippen molar-refractivity contribution in [3.05, 3.63) is 34.2 Å². The number of ether oxygens (including phenoxy) is 1. The minimum Gasteiger partial charge on any atom is -0.448 e. The van der Waals surface area contributed by atoms with Gasteiger partial charge in [0.05, 0.1) is 24.3 Å². The number of hydrogen-bond donors (Lipinski definition) is 1. The van der Waals surface area contributed by atoms with Crippen LogP contribution in [-0.2, 0) is 10.9 Å². The van der Waals surface area contributed by atoms with E-state index in [1.54, 1.807) is 0 Å². The zero-order valence-electron chi connectivity index (χ0n) is 16.8. The highest BCUT2D eigenvalue weighted by Gasteiger charge is 2.41. The van der Waals surface area contributed by atoms with Gasteiger partial charge in [0.1, 0.15) is 11.8 Å². The van der Waals surface area contributed by atoms with Crippen molar-refractivity contribution >= 4 is 29.2 Å². The molecule has 2 aromatic rings. The summed E-state index contributed by atoms with van der Waals surface area (Å²) in [5.74, 6) is -0.620. The predicted molar refractivity (Wildman–Crippen MR) is 106 cm³/mol. The number of nitrogens with zero attached hydrogens (tertiary/aromatic N) is 4. The van der Waals surface area contributed by atoms with Crippen LogP contribution in [0.1, 0.15) is 46.8 Å². The largest absolute Gasteiger partial charge is 0.448 e. The molecule has 172 valence electrons. The number of hydrogen-bond acceptors (Lipinski definition) is 5. The van der Waals surface area contributed by atoms with Crippen LogP contribution in [0.3, 0.4) is 0 Å². The SMILES string of the molecule is O=C(c1nc2c(C(F)(F)F)cc(C3CC3)cn2c1Cl)N1CCC(N2CCOC2=O)C(O)C1. The van der Waals surface area contributed by atoms with Crippen LogP contribution < -0.4 is 0 Å². The van der Waals surface area contributed by atoms with Crippen molar-refractivity contribution in [2.45, 2.75) is 43.5 Å². The van der Waals surface area contributed by atoms with E-state index in [9.17, 15) is 27.9 Å². The maximum Gasteiger partial charge on any atom is 0.419 e. The molecule has 1 N–H and O–H groups in total. The Balaban J connectivity index is 1.44. The lowest BCUT2D eigenvalue weighted by molar-refractivity contribution is -0.136. The Morgan fingerprint density at radius 1 is 1.25 bits per heavy atom. The molecule has 2 aromatic heterocycles. The average Bonchev–Trinajstić information content (AvgIpc) is 3.43. The molecule has 0 spiro atoms. The first-order valence-electron chi connectivity index (χ1n) is 10.3. The summed E-state index contributed by atoms with van der Waals surface area (Å²) in [6.45, 7) is 0.688. The minimum atomic E-state index is -4.65. The van der Waals surface area contributed by atoms with E-state index in [2.05, 4.69) is 4.98 Å². The number of imidazole rings is 1. The van der Waals surface area contributed by atoms with Crippen molar-refractivity contribution in [2.24, 2.45) is 0 Å². The maximum atomic E-state index is 13.7. The molecule has 3 aliphatic rings. The van der Waals surface area contributed by atoms with Gasteiger partial charge >= 0.3 is 12.3 Å². The standard InChI is InChI=1S/C20H20ClF3N4O4/c21-16-15(18(30)26-4-3-13(14(29)9-26)27-5-6-32-19(27)31)25-17-12(20(22,23)24)7-11(8-28(16)17)10-1-2-10/h7-8,10,13-14,29H,1-6,9H2. The Morgan fingerprint density at radius 2 is 2.00 bits per heavy atom. The Morgan fingerprint density at radius 3 is 2.59 bits per heavy atom. The summed E-state index contributed by atoms with van der Waals surface area (Å²) >= 11 is 6.33. The van der Waals surface area contributed by atoms with E-state index in [-0.39, 0.29) is 36.5 Å². The Labute approximate surface area is 185 Å². The number of aliphatic hydroxyl groups is 1. The number of fused-ring (bicyclic) bond motifs is 1. The molecule has 2 aliphatic heterocycles. The predicted octanol–water partition coefficient (Wildman–Crippen LogP) is 2.91. The first kappa shape index (κ1) is 21.3. The molecule has 0 bridgehead atoms. The van der Waals surface area contributed by atoms with Crippen molar-refractivity contribution in [3.63, 3.8) is 0 Å². The van der Waals surface area contributed by atoms with Crippen molar-refractivity contribution in [3.8, 4) is 0 Å². The summed E-state index contributed by atoms with van der Waals surface area (Å²) in [6.07, 6.45) is -2.78. The molecule has 3 fully saturated rings. The molecule has 0 radical (unpaired) electrons. The monoisotopic (exact) mass is 472 g/mol. The van der Waals surface area contributed by atoms with Gasteiger partial charge in [-0.3, -0.25) is 14.1 Å². The number of carbonyl (C=O) groups is 2. The van der Waals surface area contributed by atoms with Crippen molar-refractivity contribution < 1.29 is 32.6 Å². The van der Waals surface area contributed by atoms with Crippen LogP contribution >= 0.6 is 11.6 Å². The van der Waals surface area contributed by atoms with Gasteiger partial charge in [-0.05, 0) is 36.8 Å². The number of rotatable bonds is 3. The first-order valence-corrected chi connectivity index (χ1v) is 10.7. The smallest absolute Gasteiger partial charge is 0.419 e. The van der Waals surface area contributed by atoms with Gasteiger partial charge in [0.15, 0.2) is 11.3 Å². The summed E-state index contributed by atoms with van der Waals surface area (Å²) in [7, 11) is 0. The van der Waals surface area contributed by atoms with Gasteiger partial charge in [-0.2, -0.15) is 13.2 Å². The number of aliphatic hydroxyl groups excluding tert-OH is 1. The zero-order valence-corrected chi connectivity index (χ0v) is 17.6. The molecule has 2 amide bonds. The van der Waals surface area contributed by atoms with Gasteiger partial charge in [0, 0.05) is 19.3 Å². The number of cyclic esters (lactones) is 1. The lowest BCUT2D eigenvalue weighted by Crippen LogP contribution is -2.55. The van der Waals surface area contributed by atoms with Crippen LogP contribution in [0.5, 0.6) is 0 Å². The van der Waals surface area contributed by atoms with Gasteiger partial charge in [0.2, 0.25) is 0 Å². The van der Waals surface area contributed by atoms with E-state index in [4.69, 9.17) is 16.3 Å². The number of halogens is 4.